The second-order valence-electron chi connectivity index (χ2n) is 4.51. The highest BCUT2D eigenvalue weighted by molar-refractivity contribution is 9.10. The number of carbonyl (C=O) groups is 1. The van der Waals surface area contributed by atoms with E-state index in [9.17, 15) is 4.79 Å². The van der Waals surface area contributed by atoms with Gasteiger partial charge < -0.3 is 4.74 Å². The van der Waals surface area contributed by atoms with Crippen molar-refractivity contribution in [3.8, 4) is 0 Å². The topological polar surface area (TPSA) is 26.3 Å². The summed E-state index contributed by atoms with van der Waals surface area (Å²) in [5.74, 6) is 0.108. The van der Waals surface area contributed by atoms with Crippen molar-refractivity contribution in [1.82, 2.24) is 0 Å². The molecule has 0 radical (unpaired) electrons. The molecule has 2 aromatic rings. The van der Waals surface area contributed by atoms with Crippen LogP contribution in [-0.2, 0) is 4.74 Å². The Morgan fingerprint density at radius 1 is 1.17 bits per heavy atom. The van der Waals surface area contributed by atoms with Crippen molar-refractivity contribution in [1.29, 1.82) is 0 Å². The van der Waals surface area contributed by atoms with Crippen LogP contribution in [0.4, 0.5) is 0 Å². The third-order valence-electron chi connectivity index (χ3n) is 3.36. The molecule has 0 aliphatic carbocycles. The molecule has 0 aromatic heterocycles. The zero-order valence-corrected chi connectivity index (χ0v) is 11.4. The molecule has 1 aliphatic heterocycles. The average Bonchev–Trinajstić information content (AvgIpc) is 2.93. The first-order valence-corrected chi connectivity index (χ1v) is 6.90. The third kappa shape index (κ3) is 1.98. The van der Waals surface area contributed by atoms with Gasteiger partial charge >= 0.3 is 0 Å². The van der Waals surface area contributed by atoms with Crippen molar-refractivity contribution in [2.24, 2.45) is 0 Å². The Morgan fingerprint density at radius 2 is 1.94 bits per heavy atom. The number of fused-ring (bicyclic) bond motifs is 1. The molecule has 1 atom stereocenters. The Labute approximate surface area is 114 Å². The van der Waals surface area contributed by atoms with Gasteiger partial charge in [-0.05, 0) is 35.7 Å². The zero-order chi connectivity index (χ0) is 12.5. The fourth-order valence-corrected chi connectivity index (χ4v) is 2.91. The highest BCUT2D eigenvalue weighted by atomic mass is 79.9. The number of hydrogen-bond acceptors (Lipinski definition) is 2. The summed E-state index contributed by atoms with van der Waals surface area (Å²) in [6, 6.07) is 11.8. The Balaban J connectivity index is 2.11. The first-order valence-electron chi connectivity index (χ1n) is 6.10. The molecule has 0 spiro atoms. The quantitative estimate of drug-likeness (QED) is 0.785. The number of ketones is 1. The van der Waals surface area contributed by atoms with E-state index in [-0.39, 0.29) is 11.9 Å². The van der Waals surface area contributed by atoms with Gasteiger partial charge in [-0.2, -0.15) is 0 Å². The molecule has 3 heteroatoms. The molecular weight excluding hydrogens is 292 g/mol. The largest absolute Gasteiger partial charge is 0.370 e. The van der Waals surface area contributed by atoms with Crippen molar-refractivity contribution in [3.05, 3.63) is 46.4 Å². The molecule has 3 rings (SSSR count). The Kier molecular flexibility index (Phi) is 3.18. The monoisotopic (exact) mass is 304 g/mol. The van der Waals surface area contributed by atoms with Crippen LogP contribution in [0.2, 0.25) is 0 Å². The van der Waals surface area contributed by atoms with E-state index in [2.05, 4.69) is 15.9 Å². The van der Waals surface area contributed by atoms with Gasteiger partial charge in [0.05, 0.1) is 0 Å². The predicted octanol–water partition coefficient (Wildman–Crippen LogP) is 3.96. The van der Waals surface area contributed by atoms with E-state index in [1.54, 1.807) is 0 Å². The molecule has 2 aromatic carbocycles. The Morgan fingerprint density at radius 3 is 2.67 bits per heavy atom. The van der Waals surface area contributed by atoms with Gasteiger partial charge in [0.15, 0.2) is 5.78 Å². The second-order valence-corrected chi connectivity index (χ2v) is 5.36. The lowest BCUT2D eigenvalue weighted by Crippen LogP contribution is -2.19. The molecule has 18 heavy (non-hydrogen) atoms. The minimum Gasteiger partial charge on any atom is -0.370 e. The van der Waals surface area contributed by atoms with Gasteiger partial charge in [0.1, 0.15) is 6.10 Å². The first-order chi connectivity index (χ1) is 8.77. The van der Waals surface area contributed by atoms with Gasteiger partial charge in [-0.15, -0.1) is 0 Å². The fourth-order valence-electron chi connectivity index (χ4n) is 2.44. The van der Waals surface area contributed by atoms with Crippen LogP contribution >= 0.6 is 15.9 Å². The molecule has 0 N–H and O–H groups in total. The highest BCUT2D eigenvalue weighted by Crippen LogP contribution is 2.29. The Bertz CT molecular complexity index is 600. The highest BCUT2D eigenvalue weighted by Gasteiger charge is 2.26. The molecular formula is C15H13BrO2. The van der Waals surface area contributed by atoms with E-state index in [1.165, 1.54) is 0 Å². The molecule has 1 heterocycles. The smallest absolute Gasteiger partial charge is 0.192 e. The SMILES string of the molecule is O=C(c1ccc(Br)c2ccccc12)C1CCCO1. The Hall–Kier alpha value is -1.19. The van der Waals surface area contributed by atoms with Crippen LogP contribution in [0.5, 0.6) is 0 Å². The normalized spacial score (nSPS) is 19.3. The predicted molar refractivity (Wildman–Crippen MR) is 75.0 cm³/mol. The number of ether oxygens (including phenoxy) is 1. The minimum atomic E-state index is -0.255. The van der Waals surface area contributed by atoms with Crippen LogP contribution in [0.25, 0.3) is 10.8 Å². The maximum atomic E-state index is 12.4. The number of halogens is 1. The number of benzene rings is 2. The van der Waals surface area contributed by atoms with Crippen LogP contribution in [-0.4, -0.2) is 18.5 Å². The number of rotatable bonds is 2. The van der Waals surface area contributed by atoms with Crippen LogP contribution in [0.15, 0.2) is 40.9 Å². The van der Waals surface area contributed by atoms with Crippen molar-refractivity contribution < 1.29 is 9.53 Å². The molecule has 0 saturated carbocycles. The van der Waals surface area contributed by atoms with Crippen molar-refractivity contribution in [2.45, 2.75) is 18.9 Å². The first kappa shape index (κ1) is 11.9. The fraction of sp³-hybridized carbons (Fsp3) is 0.267. The molecule has 1 saturated heterocycles. The van der Waals surface area contributed by atoms with Crippen LogP contribution in [0.3, 0.4) is 0 Å². The lowest BCUT2D eigenvalue weighted by atomic mass is 9.98. The van der Waals surface area contributed by atoms with Gasteiger partial charge in [-0.25, -0.2) is 0 Å². The average molecular weight is 305 g/mol. The molecule has 0 bridgehead atoms. The summed E-state index contributed by atoms with van der Waals surface area (Å²) in [6.07, 6.45) is 1.56. The molecule has 1 aliphatic rings. The van der Waals surface area contributed by atoms with Crippen molar-refractivity contribution >= 4 is 32.5 Å². The van der Waals surface area contributed by atoms with Gasteiger partial charge in [-0.3, -0.25) is 4.79 Å². The van der Waals surface area contributed by atoms with Crippen LogP contribution in [0.1, 0.15) is 23.2 Å². The van der Waals surface area contributed by atoms with Crippen LogP contribution in [0, 0.1) is 0 Å². The van der Waals surface area contributed by atoms with Crippen LogP contribution < -0.4 is 0 Å². The van der Waals surface area contributed by atoms with E-state index >= 15 is 0 Å². The van der Waals surface area contributed by atoms with Crippen molar-refractivity contribution in [2.75, 3.05) is 6.61 Å². The van der Waals surface area contributed by atoms with Gasteiger partial charge in [0.2, 0.25) is 0 Å². The number of Topliss-reactive ketones (excluding diaryl/α,β-unsaturated/α-hetero) is 1. The van der Waals surface area contributed by atoms with E-state index in [4.69, 9.17) is 4.74 Å². The summed E-state index contributed by atoms with van der Waals surface area (Å²) in [4.78, 5) is 12.4. The summed E-state index contributed by atoms with van der Waals surface area (Å²) < 4.78 is 6.50. The standard InChI is InChI=1S/C15H13BrO2/c16-13-8-7-12(10-4-1-2-5-11(10)13)15(17)14-6-3-9-18-14/h1-2,4-5,7-8,14H,3,6,9H2. The van der Waals surface area contributed by atoms with E-state index in [1.807, 2.05) is 36.4 Å². The van der Waals surface area contributed by atoms with E-state index in [0.717, 1.165) is 33.7 Å². The van der Waals surface area contributed by atoms with Gasteiger partial charge in [0, 0.05) is 16.6 Å². The zero-order valence-electron chi connectivity index (χ0n) is 9.86. The summed E-state index contributed by atoms with van der Waals surface area (Å²) in [5.41, 5.74) is 0.765. The molecule has 92 valence electrons. The molecule has 1 unspecified atom stereocenters. The second kappa shape index (κ2) is 4.82. The van der Waals surface area contributed by atoms with E-state index in [0.29, 0.717) is 6.61 Å². The lowest BCUT2D eigenvalue weighted by molar-refractivity contribution is 0.0644. The lowest BCUT2D eigenvalue weighted by Gasteiger charge is -2.11. The van der Waals surface area contributed by atoms with Gasteiger partial charge in [0.25, 0.3) is 0 Å². The maximum absolute atomic E-state index is 12.4. The summed E-state index contributed by atoms with van der Waals surface area (Å²) in [6.45, 7) is 0.699. The van der Waals surface area contributed by atoms with Crippen molar-refractivity contribution in [3.63, 3.8) is 0 Å². The molecule has 2 nitrogen and oxygen atoms in total. The maximum Gasteiger partial charge on any atom is 0.192 e. The van der Waals surface area contributed by atoms with Gasteiger partial charge in [-0.1, -0.05) is 40.2 Å². The third-order valence-corrected chi connectivity index (χ3v) is 4.05. The summed E-state index contributed by atoms with van der Waals surface area (Å²) >= 11 is 3.52. The minimum absolute atomic E-state index is 0.108. The summed E-state index contributed by atoms with van der Waals surface area (Å²) in [7, 11) is 0. The molecule has 0 amide bonds. The summed E-state index contributed by atoms with van der Waals surface area (Å²) in [5, 5.41) is 2.06. The number of carbonyl (C=O) groups excluding carboxylic acids is 1. The molecule has 1 fully saturated rings. The van der Waals surface area contributed by atoms with E-state index < -0.39 is 0 Å². The number of hydrogen-bond donors (Lipinski definition) is 0.